The molecule has 0 bridgehead atoms. The lowest BCUT2D eigenvalue weighted by atomic mass is 10.1. The number of nitrogens with two attached hydrogens (primary N) is 1. The van der Waals surface area contributed by atoms with Gasteiger partial charge in [0.25, 0.3) is 0 Å². The number of halogens is 1. The Kier molecular flexibility index (Phi) is 6.23. The van der Waals surface area contributed by atoms with Crippen molar-refractivity contribution in [3.63, 3.8) is 0 Å². The summed E-state index contributed by atoms with van der Waals surface area (Å²) in [5.74, 6) is -1.08. The first kappa shape index (κ1) is 23.2. The summed E-state index contributed by atoms with van der Waals surface area (Å²) in [4.78, 5) is 20.6. The molecule has 10 heteroatoms. The zero-order valence-corrected chi connectivity index (χ0v) is 19.3. The first-order chi connectivity index (χ1) is 16.1. The zero-order chi connectivity index (χ0) is 24.5. The lowest BCUT2D eigenvalue weighted by Crippen LogP contribution is -2.50. The van der Waals surface area contributed by atoms with Crippen molar-refractivity contribution in [1.29, 1.82) is 0 Å². The lowest BCUT2D eigenvalue weighted by molar-refractivity contribution is 0.0240. The Morgan fingerprint density at radius 1 is 1.06 bits per heavy atom. The second-order valence-electron chi connectivity index (χ2n) is 9.02. The minimum Gasteiger partial charge on any atom is -0.504 e. The van der Waals surface area contributed by atoms with E-state index in [4.69, 9.17) is 10.5 Å². The maximum Gasteiger partial charge on any atom is 0.410 e. The Hall–Kier alpha value is -3.95. The van der Waals surface area contributed by atoms with Crippen LogP contribution in [-0.2, 0) is 4.74 Å². The predicted molar refractivity (Wildman–Crippen MR) is 127 cm³/mol. The molecule has 1 aliphatic heterocycles. The molecule has 178 valence electrons. The van der Waals surface area contributed by atoms with Gasteiger partial charge in [-0.25, -0.2) is 9.18 Å². The van der Waals surface area contributed by atoms with Crippen molar-refractivity contribution < 1.29 is 19.0 Å². The van der Waals surface area contributed by atoms with Crippen LogP contribution in [0.5, 0.6) is 5.75 Å². The number of aromatic hydroxyl groups is 1. The summed E-state index contributed by atoms with van der Waals surface area (Å²) in [5, 5.41) is 18.1. The van der Waals surface area contributed by atoms with Crippen molar-refractivity contribution in [2.75, 3.05) is 36.8 Å². The maximum atomic E-state index is 13.8. The molecule has 1 fully saturated rings. The average Bonchev–Trinajstić information content (AvgIpc) is 2.80. The van der Waals surface area contributed by atoms with Crippen LogP contribution in [-0.4, -0.2) is 63.1 Å². The Bertz CT molecular complexity index is 1210. The van der Waals surface area contributed by atoms with Crippen molar-refractivity contribution in [2.24, 2.45) is 0 Å². The number of aromatic nitrogens is 3. The van der Waals surface area contributed by atoms with E-state index in [2.05, 4.69) is 20.1 Å². The first-order valence-corrected chi connectivity index (χ1v) is 10.9. The van der Waals surface area contributed by atoms with Crippen LogP contribution in [0.15, 0.2) is 42.6 Å². The van der Waals surface area contributed by atoms with E-state index in [0.717, 1.165) is 11.8 Å². The first-order valence-electron chi connectivity index (χ1n) is 10.9. The number of carbonyl (C=O) groups is 1. The van der Waals surface area contributed by atoms with Gasteiger partial charge < -0.3 is 25.4 Å². The summed E-state index contributed by atoms with van der Waals surface area (Å²) in [6, 6.07) is 9.60. The van der Waals surface area contributed by atoms with Crippen molar-refractivity contribution in [2.45, 2.75) is 26.4 Å². The molecule has 0 atom stereocenters. The highest BCUT2D eigenvalue weighted by atomic mass is 19.1. The number of phenolic OH excluding ortho intramolecular Hbond substituents is 1. The minimum absolute atomic E-state index is 0.166. The van der Waals surface area contributed by atoms with E-state index in [1.54, 1.807) is 23.2 Å². The van der Waals surface area contributed by atoms with Crippen molar-refractivity contribution in [1.82, 2.24) is 20.1 Å². The number of benzene rings is 1. The fourth-order valence-electron chi connectivity index (χ4n) is 3.70. The van der Waals surface area contributed by atoms with Gasteiger partial charge in [-0.3, -0.25) is 4.98 Å². The molecule has 9 nitrogen and oxygen atoms in total. The second kappa shape index (κ2) is 9.12. The van der Waals surface area contributed by atoms with E-state index in [9.17, 15) is 14.3 Å². The summed E-state index contributed by atoms with van der Waals surface area (Å²) in [5.41, 5.74) is 8.03. The van der Waals surface area contributed by atoms with Gasteiger partial charge in [0.05, 0.1) is 11.4 Å². The largest absolute Gasteiger partial charge is 0.504 e. The highest BCUT2D eigenvalue weighted by Gasteiger charge is 2.26. The van der Waals surface area contributed by atoms with Crippen LogP contribution in [0.25, 0.3) is 22.5 Å². The third-order valence-corrected chi connectivity index (χ3v) is 5.40. The number of piperazine rings is 1. The van der Waals surface area contributed by atoms with Gasteiger partial charge in [0.15, 0.2) is 17.4 Å². The van der Waals surface area contributed by atoms with Gasteiger partial charge in [-0.05, 0) is 51.1 Å². The molecule has 1 aromatic carbocycles. The number of rotatable bonds is 3. The van der Waals surface area contributed by atoms with Crippen molar-refractivity contribution in [3.8, 4) is 28.3 Å². The maximum absolute atomic E-state index is 13.8. The number of amides is 1. The molecule has 0 spiro atoms. The molecule has 3 heterocycles. The highest BCUT2D eigenvalue weighted by Crippen LogP contribution is 2.34. The summed E-state index contributed by atoms with van der Waals surface area (Å²) in [6.07, 6.45) is 1.36. The van der Waals surface area contributed by atoms with E-state index in [1.807, 2.05) is 32.9 Å². The monoisotopic (exact) mass is 466 g/mol. The SMILES string of the molecule is CC(C)(C)OC(=O)N1CCN(c2ccnc(-c3cc(-c4cccc(F)c4O)nnc3N)c2)CC1. The van der Waals surface area contributed by atoms with Crippen LogP contribution >= 0.6 is 0 Å². The van der Waals surface area contributed by atoms with Crippen molar-refractivity contribution in [3.05, 3.63) is 48.4 Å². The Morgan fingerprint density at radius 2 is 1.79 bits per heavy atom. The number of nitrogen functional groups attached to an aromatic ring is 1. The fourth-order valence-corrected chi connectivity index (χ4v) is 3.70. The molecule has 34 heavy (non-hydrogen) atoms. The average molecular weight is 467 g/mol. The summed E-state index contributed by atoms with van der Waals surface area (Å²) in [6.45, 7) is 7.88. The predicted octanol–water partition coefficient (Wildman–Crippen LogP) is 3.69. The standard InChI is InChI=1S/C24H27FN6O3/c1-24(2,3)34-23(33)31-11-9-30(10-12-31)15-7-8-27-19(13-15)17-14-20(28-29-22(17)26)16-5-4-6-18(25)21(16)32/h4-8,13-14,32H,9-12H2,1-3H3,(H2,26,29). The highest BCUT2D eigenvalue weighted by molar-refractivity contribution is 5.78. The van der Waals surface area contributed by atoms with E-state index in [0.29, 0.717) is 37.4 Å². The van der Waals surface area contributed by atoms with Crippen LogP contribution in [0.4, 0.5) is 20.7 Å². The molecule has 3 aromatic rings. The third kappa shape index (κ3) is 5.00. The molecule has 0 radical (unpaired) electrons. The number of ether oxygens (including phenoxy) is 1. The van der Waals surface area contributed by atoms with Crippen LogP contribution < -0.4 is 10.6 Å². The van der Waals surface area contributed by atoms with Crippen LogP contribution in [0.3, 0.4) is 0 Å². The summed E-state index contributed by atoms with van der Waals surface area (Å²) < 4.78 is 19.3. The van der Waals surface area contributed by atoms with Crippen LogP contribution in [0.2, 0.25) is 0 Å². The molecule has 0 aliphatic carbocycles. The van der Waals surface area contributed by atoms with Gasteiger partial charge in [-0.15, -0.1) is 10.2 Å². The van der Waals surface area contributed by atoms with Gasteiger partial charge in [0.2, 0.25) is 0 Å². The molecule has 0 unspecified atom stereocenters. The normalized spacial score (nSPS) is 14.2. The van der Waals surface area contributed by atoms with E-state index >= 15 is 0 Å². The Morgan fingerprint density at radius 3 is 2.50 bits per heavy atom. The number of pyridine rings is 1. The molecular weight excluding hydrogens is 439 g/mol. The number of anilines is 2. The molecule has 0 saturated carbocycles. The van der Waals surface area contributed by atoms with Gasteiger partial charge in [-0.1, -0.05) is 6.07 Å². The molecule has 3 N–H and O–H groups in total. The second-order valence-corrected chi connectivity index (χ2v) is 9.02. The third-order valence-electron chi connectivity index (χ3n) is 5.40. The minimum atomic E-state index is -0.747. The number of carbonyl (C=O) groups excluding carboxylic acids is 1. The van der Waals surface area contributed by atoms with Crippen molar-refractivity contribution >= 4 is 17.6 Å². The Balaban J connectivity index is 1.55. The molecule has 2 aromatic heterocycles. The van der Waals surface area contributed by atoms with Gasteiger partial charge in [0.1, 0.15) is 5.60 Å². The molecular formula is C24H27FN6O3. The zero-order valence-electron chi connectivity index (χ0n) is 19.3. The smallest absolute Gasteiger partial charge is 0.410 e. The lowest BCUT2D eigenvalue weighted by Gasteiger charge is -2.36. The van der Waals surface area contributed by atoms with Crippen LogP contribution in [0.1, 0.15) is 20.8 Å². The quantitative estimate of drug-likeness (QED) is 0.600. The topological polar surface area (TPSA) is 118 Å². The van der Waals surface area contributed by atoms with E-state index in [1.165, 1.54) is 6.07 Å². The van der Waals surface area contributed by atoms with Gasteiger partial charge >= 0.3 is 6.09 Å². The van der Waals surface area contributed by atoms with E-state index in [-0.39, 0.29) is 23.2 Å². The summed E-state index contributed by atoms with van der Waals surface area (Å²) >= 11 is 0. The number of hydrogen-bond donors (Lipinski definition) is 2. The van der Waals surface area contributed by atoms with E-state index < -0.39 is 17.2 Å². The van der Waals surface area contributed by atoms with Gasteiger partial charge in [0, 0.05) is 49.2 Å². The van der Waals surface area contributed by atoms with Crippen LogP contribution in [0, 0.1) is 5.82 Å². The van der Waals surface area contributed by atoms with Gasteiger partial charge in [-0.2, -0.15) is 0 Å². The number of phenols is 1. The molecule has 4 rings (SSSR count). The Labute approximate surface area is 197 Å². The number of hydrogen-bond acceptors (Lipinski definition) is 8. The number of nitrogens with zero attached hydrogens (tertiary/aromatic N) is 5. The molecule has 1 aliphatic rings. The fraction of sp³-hybridized carbons (Fsp3) is 0.333. The number of para-hydroxylation sites is 1. The molecule has 1 amide bonds. The summed E-state index contributed by atoms with van der Waals surface area (Å²) in [7, 11) is 0. The molecule has 1 saturated heterocycles.